The van der Waals surface area contributed by atoms with Crippen molar-refractivity contribution in [2.24, 2.45) is 5.73 Å². The average Bonchev–Trinajstić information content (AvgIpc) is 2.26. The number of hydrogen-bond acceptors (Lipinski definition) is 2. The quantitative estimate of drug-likeness (QED) is 0.700. The van der Waals surface area contributed by atoms with E-state index in [1.807, 2.05) is 6.92 Å². The molecule has 86 valence electrons. The Kier molecular flexibility index (Phi) is 4.72. The van der Waals surface area contributed by atoms with E-state index in [4.69, 9.17) is 18.0 Å². The number of rotatable bonds is 4. The van der Waals surface area contributed by atoms with Gasteiger partial charge in [-0.25, -0.2) is 4.79 Å². The minimum absolute atomic E-state index is 0.220. The molecule has 0 aromatic heterocycles. The lowest BCUT2D eigenvalue weighted by molar-refractivity contribution is 0.252. The normalized spacial score (nSPS) is 9.56. The summed E-state index contributed by atoms with van der Waals surface area (Å²) in [5.74, 6) is 0. The molecule has 0 bridgehead atoms. The number of urea groups is 1. The summed E-state index contributed by atoms with van der Waals surface area (Å²) >= 11 is 4.85. The smallest absolute Gasteiger partial charge is 0.319 e. The van der Waals surface area contributed by atoms with Crippen molar-refractivity contribution >= 4 is 28.9 Å². The molecule has 5 heteroatoms. The molecular weight excluding hydrogens is 222 g/mol. The van der Waals surface area contributed by atoms with Crippen LogP contribution in [-0.4, -0.2) is 17.6 Å². The number of benzene rings is 1. The van der Waals surface area contributed by atoms with Crippen LogP contribution >= 0.6 is 12.2 Å². The molecule has 1 aromatic carbocycles. The summed E-state index contributed by atoms with van der Waals surface area (Å²) in [4.78, 5) is 11.7. The molecule has 16 heavy (non-hydrogen) atoms. The van der Waals surface area contributed by atoms with Gasteiger partial charge in [0, 0.05) is 17.8 Å². The number of hydrogen-bond donors (Lipinski definition) is 3. The number of carbonyl (C=O) groups is 1. The van der Waals surface area contributed by atoms with Crippen LogP contribution < -0.4 is 16.4 Å². The number of amides is 2. The Morgan fingerprint density at radius 3 is 2.88 bits per heavy atom. The Balaban J connectivity index is 2.63. The summed E-state index contributed by atoms with van der Waals surface area (Å²) in [6.45, 7) is 2.65. The molecule has 0 saturated carbocycles. The predicted molar refractivity (Wildman–Crippen MR) is 69.6 cm³/mol. The zero-order chi connectivity index (χ0) is 12.0. The number of nitrogens with two attached hydrogens (primary N) is 1. The van der Waals surface area contributed by atoms with Crippen LogP contribution in [0, 0.1) is 0 Å². The highest BCUT2D eigenvalue weighted by molar-refractivity contribution is 7.80. The van der Waals surface area contributed by atoms with Crippen molar-refractivity contribution < 1.29 is 4.79 Å². The third-order valence-electron chi connectivity index (χ3n) is 1.94. The van der Waals surface area contributed by atoms with Crippen LogP contribution in [0.5, 0.6) is 0 Å². The Bertz CT molecular complexity index is 393. The summed E-state index contributed by atoms with van der Waals surface area (Å²) in [6.07, 6.45) is 0.903. The standard InChI is InChI=1S/C11H15N3OS/c1-2-6-13-11(15)14-9-5-3-4-8(7-9)10(12)16/h3-5,7H,2,6H2,1H3,(H2,12,16)(H2,13,14,15). The second-order valence-corrected chi connectivity index (χ2v) is 3.77. The maximum absolute atomic E-state index is 11.4. The molecule has 0 unspecified atom stereocenters. The van der Waals surface area contributed by atoms with Gasteiger partial charge in [-0.15, -0.1) is 0 Å². The fourth-order valence-corrected chi connectivity index (χ4v) is 1.29. The summed E-state index contributed by atoms with van der Waals surface area (Å²) in [5.41, 5.74) is 6.92. The molecule has 0 aliphatic rings. The van der Waals surface area contributed by atoms with Crippen LogP contribution in [0.15, 0.2) is 24.3 Å². The minimum Gasteiger partial charge on any atom is -0.389 e. The highest BCUT2D eigenvalue weighted by Crippen LogP contribution is 2.10. The first kappa shape index (κ1) is 12.4. The summed E-state index contributed by atoms with van der Waals surface area (Å²) in [5, 5.41) is 5.42. The molecule has 1 aromatic rings. The predicted octanol–water partition coefficient (Wildman–Crippen LogP) is 1.85. The summed E-state index contributed by atoms with van der Waals surface area (Å²) in [6, 6.07) is 6.91. The van der Waals surface area contributed by atoms with Crippen LogP contribution in [0.3, 0.4) is 0 Å². The Hall–Kier alpha value is -1.62. The van der Waals surface area contributed by atoms with E-state index in [1.165, 1.54) is 0 Å². The van der Waals surface area contributed by atoms with Gasteiger partial charge in [0.05, 0.1) is 0 Å². The van der Waals surface area contributed by atoms with E-state index < -0.39 is 0 Å². The van der Waals surface area contributed by atoms with E-state index in [9.17, 15) is 4.79 Å². The molecule has 0 aliphatic carbocycles. The van der Waals surface area contributed by atoms with E-state index in [0.29, 0.717) is 17.2 Å². The zero-order valence-electron chi connectivity index (χ0n) is 9.12. The lowest BCUT2D eigenvalue weighted by Crippen LogP contribution is -2.29. The van der Waals surface area contributed by atoms with Gasteiger partial charge in [-0.2, -0.15) is 0 Å². The van der Waals surface area contributed by atoms with Crippen molar-refractivity contribution in [2.75, 3.05) is 11.9 Å². The van der Waals surface area contributed by atoms with Gasteiger partial charge < -0.3 is 16.4 Å². The highest BCUT2D eigenvalue weighted by atomic mass is 32.1. The largest absolute Gasteiger partial charge is 0.389 e. The molecular formula is C11H15N3OS. The highest BCUT2D eigenvalue weighted by Gasteiger charge is 2.02. The molecule has 0 spiro atoms. The second kappa shape index (κ2) is 6.07. The first-order valence-corrected chi connectivity index (χ1v) is 5.49. The molecule has 0 heterocycles. The Morgan fingerprint density at radius 2 is 2.25 bits per heavy atom. The van der Waals surface area contributed by atoms with E-state index in [1.54, 1.807) is 24.3 Å². The van der Waals surface area contributed by atoms with E-state index >= 15 is 0 Å². The topological polar surface area (TPSA) is 67.2 Å². The molecule has 0 atom stereocenters. The number of nitrogens with one attached hydrogen (secondary N) is 2. The van der Waals surface area contributed by atoms with Crippen LogP contribution in [0.1, 0.15) is 18.9 Å². The van der Waals surface area contributed by atoms with Crippen molar-refractivity contribution in [1.29, 1.82) is 0 Å². The maximum Gasteiger partial charge on any atom is 0.319 e. The molecule has 0 fully saturated rings. The van der Waals surface area contributed by atoms with Gasteiger partial charge in [-0.3, -0.25) is 0 Å². The van der Waals surface area contributed by atoms with Gasteiger partial charge >= 0.3 is 6.03 Å². The summed E-state index contributed by atoms with van der Waals surface area (Å²) in [7, 11) is 0. The van der Waals surface area contributed by atoms with Gasteiger partial charge in [-0.1, -0.05) is 31.3 Å². The van der Waals surface area contributed by atoms with Crippen LogP contribution in [-0.2, 0) is 0 Å². The van der Waals surface area contributed by atoms with Crippen molar-refractivity contribution in [2.45, 2.75) is 13.3 Å². The summed E-state index contributed by atoms with van der Waals surface area (Å²) < 4.78 is 0. The third kappa shape index (κ3) is 3.86. The molecule has 4 N–H and O–H groups in total. The number of thiocarbonyl (C=S) groups is 1. The first-order chi connectivity index (χ1) is 7.63. The van der Waals surface area contributed by atoms with Crippen LogP contribution in [0.4, 0.5) is 10.5 Å². The van der Waals surface area contributed by atoms with Crippen molar-refractivity contribution in [3.8, 4) is 0 Å². The molecule has 4 nitrogen and oxygen atoms in total. The lowest BCUT2D eigenvalue weighted by Gasteiger charge is -2.07. The SMILES string of the molecule is CCCNC(=O)Nc1cccc(C(N)=S)c1. The van der Waals surface area contributed by atoms with Crippen molar-refractivity contribution in [1.82, 2.24) is 5.32 Å². The maximum atomic E-state index is 11.4. The van der Waals surface area contributed by atoms with Gasteiger partial charge in [0.2, 0.25) is 0 Å². The van der Waals surface area contributed by atoms with Gasteiger partial charge in [-0.05, 0) is 18.6 Å². The van der Waals surface area contributed by atoms with Gasteiger partial charge in [0.1, 0.15) is 4.99 Å². The van der Waals surface area contributed by atoms with E-state index in [-0.39, 0.29) is 6.03 Å². The molecule has 2 amide bonds. The second-order valence-electron chi connectivity index (χ2n) is 3.33. The third-order valence-corrected chi connectivity index (χ3v) is 2.18. The fourth-order valence-electron chi connectivity index (χ4n) is 1.16. The van der Waals surface area contributed by atoms with Gasteiger partial charge in [0.15, 0.2) is 0 Å². The van der Waals surface area contributed by atoms with Crippen LogP contribution in [0.2, 0.25) is 0 Å². The first-order valence-electron chi connectivity index (χ1n) is 5.08. The van der Waals surface area contributed by atoms with E-state index in [0.717, 1.165) is 12.0 Å². The van der Waals surface area contributed by atoms with Crippen molar-refractivity contribution in [3.63, 3.8) is 0 Å². The van der Waals surface area contributed by atoms with E-state index in [2.05, 4.69) is 10.6 Å². The van der Waals surface area contributed by atoms with Crippen molar-refractivity contribution in [3.05, 3.63) is 29.8 Å². The minimum atomic E-state index is -0.220. The number of anilines is 1. The Morgan fingerprint density at radius 1 is 1.50 bits per heavy atom. The molecule has 0 radical (unpaired) electrons. The lowest BCUT2D eigenvalue weighted by atomic mass is 10.2. The average molecular weight is 237 g/mol. The zero-order valence-corrected chi connectivity index (χ0v) is 9.93. The van der Waals surface area contributed by atoms with Gasteiger partial charge in [0.25, 0.3) is 0 Å². The molecule has 0 saturated heterocycles. The monoisotopic (exact) mass is 237 g/mol. The number of carbonyl (C=O) groups excluding carboxylic acids is 1. The molecule has 0 aliphatic heterocycles. The fraction of sp³-hybridized carbons (Fsp3) is 0.273. The van der Waals surface area contributed by atoms with Crippen LogP contribution in [0.25, 0.3) is 0 Å². The Labute approximate surface area is 100 Å². The molecule has 1 rings (SSSR count).